The van der Waals surface area contributed by atoms with E-state index >= 15 is 0 Å². The molecule has 0 bridgehead atoms. The second-order valence-corrected chi connectivity index (χ2v) is 6.69. The Labute approximate surface area is 147 Å². The average molecular weight is 364 g/mol. The number of imide groups is 1. The lowest BCUT2D eigenvalue weighted by molar-refractivity contribution is -0.123. The molecule has 0 unspecified atom stereocenters. The van der Waals surface area contributed by atoms with Gasteiger partial charge in [-0.3, -0.25) is 14.5 Å². The summed E-state index contributed by atoms with van der Waals surface area (Å²) in [7, 11) is 0. The summed E-state index contributed by atoms with van der Waals surface area (Å²) in [4.78, 5) is 26.2. The molecule has 0 aromatic heterocycles. The zero-order valence-electron chi connectivity index (χ0n) is 11.8. The quantitative estimate of drug-likeness (QED) is 0.700. The number of hydrogen-bond acceptors (Lipinski definition) is 3. The number of rotatable bonds is 3. The van der Waals surface area contributed by atoms with E-state index in [4.69, 9.17) is 23.2 Å². The molecule has 3 rings (SSSR count). The van der Waals surface area contributed by atoms with Crippen molar-refractivity contribution in [2.45, 2.75) is 6.54 Å². The molecule has 0 spiro atoms. The van der Waals surface area contributed by atoms with Crippen LogP contribution < -0.4 is 0 Å². The maximum Gasteiger partial charge on any atom is 0.293 e. The Bertz CT molecular complexity index is 785. The van der Waals surface area contributed by atoms with Crippen LogP contribution in [0.5, 0.6) is 0 Å². The molecule has 116 valence electrons. The molecule has 1 aliphatic rings. The van der Waals surface area contributed by atoms with Crippen LogP contribution in [0.1, 0.15) is 11.1 Å². The van der Waals surface area contributed by atoms with Crippen molar-refractivity contribution >= 4 is 52.2 Å². The number of hydrogen-bond donors (Lipinski definition) is 0. The standard InChI is InChI=1S/C17H11Cl2NO2S/c18-13-7-4-8-14(19)12(13)10-20-16(21)15(23-17(20)22)9-11-5-2-1-3-6-11/h1-9H,10H2. The molecule has 23 heavy (non-hydrogen) atoms. The molecule has 0 radical (unpaired) electrons. The summed E-state index contributed by atoms with van der Waals surface area (Å²) in [5.74, 6) is -0.333. The molecule has 1 saturated heterocycles. The van der Waals surface area contributed by atoms with E-state index in [-0.39, 0.29) is 17.7 Å². The first-order valence-electron chi connectivity index (χ1n) is 6.79. The highest BCUT2D eigenvalue weighted by Crippen LogP contribution is 2.35. The van der Waals surface area contributed by atoms with Gasteiger partial charge in [0.1, 0.15) is 0 Å². The lowest BCUT2D eigenvalue weighted by Crippen LogP contribution is -2.27. The molecule has 0 aliphatic carbocycles. The van der Waals surface area contributed by atoms with E-state index in [0.29, 0.717) is 20.5 Å². The van der Waals surface area contributed by atoms with Crippen LogP contribution in [0.3, 0.4) is 0 Å². The third-order valence-corrected chi connectivity index (χ3v) is 4.96. The molecule has 2 amide bonds. The van der Waals surface area contributed by atoms with Gasteiger partial charge in [-0.2, -0.15) is 0 Å². The third kappa shape index (κ3) is 3.44. The van der Waals surface area contributed by atoms with Crippen LogP contribution in [-0.4, -0.2) is 16.0 Å². The van der Waals surface area contributed by atoms with Gasteiger partial charge in [-0.25, -0.2) is 0 Å². The number of thioether (sulfide) groups is 1. The fourth-order valence-corrected chi connectivity index (χ4v) is 3.53. The number of halogens is 2. The second-order valence-electron chi connectivity index (χ2n) is 4.88. The van der Waals surface area contributed by atoms with Crippen LogP contribution in [0.15, 0.2) is 53.4 Å². The van der Waals surface area contributed by atoms with Crippen molar-refractivity contribution in [3.63, 3.8) is 0 Å². The van der Waals surface area contributed by atoms with Gasteiger partial charge in [-0.05, 0) is 35.5 Å². The largest absolute Gasteiger partial charge is 0.293 e. The number of carbonyl (C=O) groups excluding carboxylic acids is 2. The summed E-state index contributed by atoms with van der Waals surface area (Å²) in [6.45, 7) is 0.0648. The van der Waals surface area contributed by atoms with Gasteiger partial charge in [-0.15, -0.1) is 0 Å². The topological polar surface area (TPSA) is 37.4 Å². The van der Waals surface area contributed by atoms with Gasteiger partial charge < -0.3 is 0 Å². The van der Waals surface area contributed by atoms with E-state index in [1.54, 1.807) is 24.3 Å². The first kappa shape index (κ1) is 16.1. The van der Waals surface area contributed by atoms with Crippen LogP contribution in [0.4, 0.5) is 4.79 Å². The van der Waals surface area contributed by atoms with Gasteiger partial charge in [0.25, 0.3) is 11.1 Å². The highest BCUT2D eigenvalue weighted by molar-refractivity contribution is 8.18. The minimum atomic E-state index is -0.333. The van der Waals surface area contributed by atoms with E-state index in [1.165, 1.54) is 0 Å². The lowest BCUT2D eigenvalue weighted by Gasteiger charge is -2.14. The highest BCUT2D eigenvalue weighted by atomic mass is 35.5. The van der Waals surface area contributed by atoms with Gasteiger partial charge in [0, 0.05) is 15.6 Å². The van der Waals surface area contributed by atoms with Gasteiger partial charge >= 0.3 is 0 Å². The van der Waals surface area contributed by atoms with Crippen LogP contribution in [-0.2, 0) is 11.3 Å². The van der Waals surface area contributed by atoms with E-state index in [2.05, 4.69) is 0 Å². The number of benzene rings is 2. The van der Waals surface area contributed by atoms with Crippen molar-refractivity contribution < 1.29 is 9.59 Å². The molecule has 1 heterocycles. The van der Waals surface area contributed by atoms with Crippen molar-refractivity contribution in [1.29, 1.82) is 0 Å². The van der Waals surface area contributed by atoms with Gasteiger partial charge in [0.15, 0.2) is 0 Å². The molecule has 1 aliphatic heterocycles. The molecule has 2 aromatic carbocycles. The molecular formula is C17H11Cl2NO2S. The van der Waals surface area contributed by atoms with Gasteiger partial charge in [0.2, 0.25) is 0 Å². The first-order chi connectivity index (χ1) is 11.1. The van der Waals surface area contributed by atoms with Crippen LogP contribution in [0.2, 0.25) is 10.0 Å². The minimum Gasteiger partial charge on any atom is -0.268 e. The Kier molecular flexibility index (Phi) is 4.76. The highest BCUT2D eigenvalue weighted by Gasteiger charge is 2.35. The summed E-state index contributed by atoms with van der Waals surface area (Å²) in [6, 6.07) is 14.5. The van der Waals surface area contributed by atoms with Gasteiger partial charge in [-0.1, -0.05) is 59.6 Å². The summed E-state index contributed by atoms with van der Waals surface area (Å²) in [6.07, 6.45) is 1.71. The fraction of sp³-hybridized carbons (Fsp3) is 0.0588. The van der Waals surface area contributed by atoms with Crippen molar-refractivity contribution in [2.75, 3.05) is 0 Å². The normalized spacial score (nSPS) is 16.4. The first-order valence-corrected chi connectivity index (χ1v) is 8.37. The van der Waals surface area contributed by atoms with E-state index in [9.17, 15) is 9.59 Å². The molecule has 2 aromatic rings. The Morgan fingerprint density at radius 1 is 0.957 bits per heavy atom. The third-order valence-electron chi connectivity index (χ3n) is 3.35. The summed E-state index contributed by atoms with van der Waals surface area (Å²) in [5, 5.41) is 0.542. The smallest absolute Gasteiger partial charge is 0.268 e. The van der Waals surface area contributed by atoms with E-state index in [0.717, 1.165) is 22.2 Å². The van der Waals surface area contributed by atoms with Crippen LogP contribution in [0.25, 0.3) is 6.08 Å². The number of carbonyl (C=O) groups is 2. The number of amides is 2. The molecular weight excluding hydrogens is 353 g/mol. The van der Waals surface area contributed by atoms with Crippen LogP contribution in [0, 0.1) is 0 Å². The van der Waals surface area contributed by atoms with Crippen molar-refractivity contribution in [3.8, 4) is 0 Å². The van der Waals surface area contributed by atoms with Crippen molar-refractivity contribution in [1.82, 2.24) is 4.90 Å². The second kappa shape index (κ2) is 6.79. The zero-order chi connectivity index (χ0) is 16.4. The van der Waals surface area contributed by atoms with Gasteiger partial charge in [0.05, 0.1) is 11.4 Å². The summed E-state index contributed by atoms with van der Waals surface area (Å²) >= 11 is 13.1. The SMILES string of the molecule is O=C1SC(=Cc2ccccc2)C(=O)N1Cc1c(Cl)cccc1Cl. The molecule has 1 fully saturated rings. The molecule has 0 saturated carbocycles. The Hall–Kier alpha value is -1.75. The average Bonchev–Trinajstić information content (AvgIpc) is 2.79. The Balaban J connectivity index is 1.86. The zero-order valence-corrected chi connectivity index (χ0v) is 14.2. The predicted molar refractivity (Wildman–Crippen MR) is 94.4 cm³/mol. The molecule has 0 N–H and O–H groups in total. The summed E-state index contributed by atoms with van der Waals surface area (Å²) < 4.78 is 0. The van der Waals surface area contributed by atoms with Crippen molar-refractivity contribution in [2.24, 2.45) is 0 Å². The van der Waals surface area contributed by atoms with Crippen molar-refractivity contribution in [3.05, 3.63) is 74.6 Å². The van der Waals surface area contributed by atoms with E-state index < -0.39 is 0 Å². The molecule has 3 nitrogen and oxygen atoms in total. The fourth-order valence-electron chi connectivity index (χ4n) is 2.18. The monoisotopic (exact) mass is 363 g/mol. The predicted octanol–water partition coefficient (Wildman–Crippen LogP) is 5.23. The molecule has 6 heteroatoms. The maximum absolute atomic E-state index is 12.5. The Morgan fingerprint density at radius 2 is 1.61 bits per heavy atom. The summed E-state index contributed by atoms with van der Waals surface area (Å²) in [5.41, 5.74) is 1.44. The Morgan fingerprint density at radius 3 is 2.26 bits per heavy atom. The lowest BCUT2D eigenvalue weighted by atomic mass is 10.2. The molecule has 0 atom stereocenters. The maximum atomic E-state index is 12.5. The minimum absolute atomic E-state index is 0.0648. The van der Waals surface area contributed by atoms with Crippen LogP contribution >= 0.6 is 35.0 Å². The number of nitrogens with zero attached hydrogens (tertiary/aromatic N) is 1. The van der Waals surface area contributed by atoms with E-state index in [1.807, 2.05) is 30.3 Å².